The quantitative estimate of drug-likeness (QED) is 0.865. The molecule has 8 heteroatoms. The second kappa shape index (κ2) is 5.95. The molecule has 20 heavy (non-hydrogen) atoms. The Kier molecular flexibility index (Phi) is 4.05. The van der Waals surface area contributed by atoms with Gasteiger partial charge in [0.05, 0.1) is 19.8 Å². The molecule has 0 unspecified atom stereocenters. The molecule has 0 aliphatic carbocycles. The van der Waals surface area contributed by atoms with Crippen LogP contribution in [-0.4, -0.2) is 46.5 Å². The molecule has 106 valence electrons. The van der Waals surface area contributed by atoms with E-state index in [0.29, 0.717) is 35.8 Å². The number of aromatic nitrogens is 4. The first kappa shape index (κ1) is 13.6. The van der Waals surface area contributed by atoms with Crippen LogP contribution in [-0.2, 0) is 11.3 Å². The Morgan fingerprint density at radius 3 is 2.55 bits per heavy atom. The fraction of sp³-hybridized carbons (Fsp3) is 0.417. The maximum atomic E-state index is 6.13. The lowest BCUT2D eigenvalue weighted by Crippen LogP contribution is -2.37. The van der Waals surface area contributed by atoms with Gasteiger partial charge in [-0.15, -0.1) is 5.10 Å². The van der Waals surface area contributed by atoms with Crippen LogP contribution in [0.5, 0.6) is 0 Å². The summed E-state index contributed by atoms with van der Waals surface area (Å²) in [5.41, 5.74) is 0.793. The van der Waals surface area contributed by atoms with Gasteiger partial charge >= 0.3 is 0 Å². The van der Waals surface area contributed by atoms with Crippen molar-refractivity contribution >= 4 is 29.2 Å². The highest BCUT2D eigenvalue weighted by atomic mass is 35.5. The molecule has 1 fully saturated rings. The van der Waals surface area contributed by atoms with Gasteiger partial charge in [0.25, 0.3) is 5.95 Å². The van der Waals surface area contributed by atoms with Crippen molar-refractivity contribution in [3.8, 4) is 0 Å². The van der Waals surface area contributed by atoms with E-state index in [1.807, 2.05) is 11.0 Å². The summed E-state index contributed by atoms with van der Waals surface area (Å²) < 4.78 is 5.30. The maximum Gasteiger partial charge on any atom is 0.266 e. The lowest BCUT2D eigenvalue weighted by atomic mass is 10.2. The lowest BCUT2D eigenvalue weighted by Gasteiger charge is -2.24. The number of hydrogen-bond donors (Lipinski definition) is 0. The molecule has 2 heterocycles. The zero-order valence-corrected chi connectivity index (χ0v) is 12.2. The summed E-state index contributed by atoms with van der Waals surface area (Å²) in [4.78, 5) is 3.54. The second-order valence-electron chi connectivity index (χ2n) is 4.42. The van der Waals surface area contributed by atoms with Crippen molar-refractivity contribution in [2.75, 3.05) is 31.2 Å². The molecule has 0 radical (unpaired) electrons. The van der Waals surface area contributed by atoms with Crippen LogP contribution in [0.2, 0.25) is 10.0 Å². The standard InChI is InChI=1S/C12H13Cl2N5O/c13-10-2-1-3-11(14)9(10)8-19-16-12(15-17-19)18-4-6-20-7-5-18/h1-3H,4-8H2. The van der Waals surface area contributed by atoms with Gasteiger partial charge in [-0.3, -0.25) is 0 Å². The zero-order chi connectivity index (χ0) is 13.9. The molecule has 0 bridgehead atoms. The first-order chi connectivity index (χ1) is 9.74. The van der Waals surface area contributed by atoms with Gasteiger partial charge in [0, 0.05) is 28.7 Å². The fourth-order valence-corrected chi connectivity index (χ4v) is 2.53. The maximum absolute atomic E-state index is 6.13. The Balaban J connectivity index is 1.77. The molecule has 0 amide bonds. The van der Waals surface area contributed by atoms with Crippen molar-refractivity contribution in [3.63, 3.8) is 0 Å². The van der Waals surface area contributed by atoms with Crippen molar-refractivity contribution in [1.29, 1.82) is 0 Å². The number of anilines is 1. The number of rotatable bonds is 3. The molecule has 2 aromatic rings. The van der Waals surface area contributed by atoms with E-state index in [1.54, 1.807) is 12.1 Å². The average Bonchev–Trinajstić information content (AvgIpc) is 2.93. The van der Waals surface area contributed by atoms with Crippen LogP contribution in [0.4, 0.5) is 5.95 Å². The minimum Gasteiger partial charge on any atom is -0.378 e. The summed E-state index contributed by atoms with van der Waals surface area (Å²) >= 11 is 12.3. The normalized spacial score (nSPS) is 15.6. The Bertz CT molecular complexity index is 577. The van der Waals surface area contributed by atoms with Crippen LogP contribution in [0.25, 0.3) is 0 Å². The number of nitrogens with zero attached hydrogens (tertiary/aromatic N) is 5. The Labute approximate surface area is 126 Å². The number of tetrazole rings is 1. The summed E-state index contributed by atoms with van der Waals surface area (Å²) in [6.45, 7) is 3.32. The summed E-state index contributed by atoms with van der Waals surface area (Å²) in [6.07, 6.45) is 0. The van der Waals surface area contributed by atoms with Gasteiger partial charge in [-0.25, -0.2) is 0 Å². The average molecular weight is 314 g/mol. The SMILES string of the molecule is Clc1cccc(Cl)c1Cn1nnc(N2CCOCC2)n1. The first-order valence-electron chi connectivity index (χ1n) is 6.27. The van der Waals surface area contributed by atoms with Gasteiger partial charge in [-0.2, -0.15) is 4.80 Å². The van der Waals surface area contributed by atoms with E-state index in [4.69, 9.17) is 27.9 Å². The van der Waals surface area contributed by atoms with Crippen molar-refractivity contribution in [3.05, 3.63) is 33.8 Å². The van der Waals surface area contributed by atoms with E-state index in [2.05, 4.69) is 15.4 Å². The monoisotopic (exact) mass is 313 g/mol. The summed E-state index contributed by atoms with van der Waals surface area (Å²) in [7, 11) is 0. The van der Waals surface area contributed by atoms with Gasteiger partial charge in [0.15, 0.2) is 0 Å². The molecule has 1 aromatic carbocycles. The highest BCUT2D eigenvalue weighted by molar-refractivity contribution is 6.35. The van der Waals surface area contributed by atoms with E-state index in [-0.39, 0.29) is 0 Å². The Morgan fingerprint density at radius 2 is 1.85 bits per heavy atom. The van der Waals surface area contributed by atoms with Crippen LogP contribution in [0.1, 0.15) is 5.56 Å². The van der Waals surface area contributed by atoms with E-state index in [0.717, 1.165) is 18.7 Å². The van der Waals surface area contributed by atoms with Crippen molar-refractivity contribution in [2.45, 2.75) is 6.54 Å². The van der Waals surface area contributed by atoms with E-state index < -0.39 is 0 Å². The van der Waals surface area contributed by atoms with Crippen LogP contribution < -0.4 is 4.90 Å². The Hall–Kier alpha value is -1.37. The topological polar surface area (TPSA) is 56.1 Å². The third-order valence-corrected chi connectivity index (χ3v) is 3.81. The van der Waals surface area contributed by atoms with Gasteiger partial charge in [0.1, 0.15) is 0 Å². The lowest BCUT2D eigenvalue weighted by molar-refractivity contribution is 0.122. The molecule has 0 atom stereocenters. The van der Waals surface area contributed by atoms with Crippen molar-refractivity contribution < 1.29 is 4.74 Å². The zero-order valence-electron chi connectivity index (χ0n) is 10.7. The van der Waals surface area contributed by atoms with Crippen LogP contribution in [0, 0.1) is 0 Å². The van der Waals surface area contributed by atoms with Crippen molar-refractivity contribution in [1.82, 2.24) is 20.2 Å². The third-order valence-electron chi connectivity index (χ3n) is 3.10. The number of hydrogen-bond acceptors (Lipinski definition) is 5. The molecule has 0 N–H and O–H groups in total. The highest BCUT2D eigenvalue weighted by Crippen LogP contribution is 2.24. The molecule has 0 saturated carbocycles. The number of halogens is 2. The van der Waals surface area contributed by atoms with Gasteiger partial charge < -0.3 is 9.64 Å². The van der Waals surface area contributed by atoms with E-state index in [9.17, 15) is 0 Å². The molecule has 6 nitrogen and oxygen atoms in total. The van der Waals surface area contributed by atoms with Crippen molar-refractivity contribution in [2.24, 2.45) is 0 Å². The van der Waals surface area contributed by atoms with Crippen LogP contribution in [0.15, 0.2) is 18.2 Å². The van der Waals surface area contributed by atoms with Gasteiger partial charge in [-0.05, 0) is 17.3 Å². The molecule has 3 rings (SSSR count). The summed E-state index contributed by atoms with van der Waals surface area (Å²) in [6, 6.07) is 5.40. The van der Waals surface area contributed by atoms with Gasteiger partial charge in [-0.1, -0.05) is 34.4 Å². The number of ether oxygens (including phenoxy) is 1. The largest absolute Gasteiger partial charge is 0.378 e. The van der Waals surface area contributed by atoms with Gasteiger partial charge in [0.2, 0.25) is 0 Å². The molecule has 1 aromatic heterocycles. The summed E-state index contributed by atoms with van der Waals surface area (Å²) in [5.74, 6) is 0.608. The predicted molar refractivity (Wildman–Crippen MR) is 76.4 cm³/mol. The van der Waals surface area contributed by atoms with Crippen LogP contribution >= 0.6 is 23.2 Å². The molecule has 1 saturated heterocycles. The third kappa shape index (κ3) is 2.87. The van der Waals surface area contributed by atoms with E-state index in [1.165, 1.54) is 4.80 Å². The molecule has 1 aliphatic heterocycles. The molecular weight excluding hydrogens is 301 g/mol. The van der Waals surface area contributed by atoms with E-state index >= 15 is 0 Å². The smallest absolute Gasteiger partial charge is 0.266 e. The molecule has 1 aliphatic rings. The fourth-order valence-electron chi connectivity index (χ4n) is 2.02. The Morgan fingerprint density at radius 1 is 1.15 bits per heavy atom. The molecule has 0 spiro atoms. The minimum absolute atomic E-state index is 0.399. The number of benzene rings is 1. The number of morpholine rings is 1. The predicted octanol–water partition coefficient (Wildman–Crippen LogP) is 1.86. The minimum atomic E-state index is 0.399. The summed E-state index contributed by atoms with van der Waals surface area (Å²) in [5, 5.41) is 13.7. The molecular formula is C12H13Cl2N5O. The second-order valence-corrected chi connectivity index (χ2v) is 5.23. The highest BCUT2D eigenvalue weighted by Gasteiger charge is 2.16. The first-order valence-corrected chi connectivity index (χ1v) is 7.03. The van der Waals surface area contributed by atoms with Crippen LogP contribution in [0.3, 0.4) is 0 Å².